The number of hydrogen-bond donors (Lipinski definition) is 3. The van der Waals surface area contributed by atoms with Crippen molar-refractivity contribution in [2.75, 3.05) is 12.8 Å². The van der Waals surface area contributed by atoms with E-state index in [2.05, 4.69) is 15.0 Å². The van der Waals surface area contributed by atoms with Crippen molar-refractivity contribution in [3.05, 3.63) is 12.7 Å². The number of aliphatic hydroxyl groups is 2. The van der Waals surface area contributed by atoms with Gasteiger partial charge in [0.15, 0.2) is 30.1 Å². The van der Waals surface area contributed by atoms with Crippen LogP contribution in [-0.4, -0.2) is 60.5 Å². The van der Waals surface area contributed by atoms with Crippen LogP contribution in [0.5, 0.6) is 0 Å². The second-order valence-corrected chi connectivity index (χ2v) is 6.15. The number of ether oxygens (including phenoxy) is 1. The van der Waals surface area contributed by atoms with Gasteiger partial charge in [-0.2, -0.15) is 0 Å². The van der Waals surface area contributed by atoms with Gasteiger partial charge in [0.05, 0.1) is 13.4 Å². The molecule has 4 atom stereocenters. The maximum absolute atomic E-state index is 10.5. The van der Waals surface area contributed by atoms with Crippen molar-refractivity contribution < 1.29 is 19.8 Å². The summed E-state index contributed by atoms with van der Waals surface area (Å²) in [6, 6.07) is 0. The van der Waals surface area contributed by atoms with Gasteiger partial charge < -0.3 is 20.7 Å². The van der Waals surface area contributed by atoms with E-state index in [4.69, 9.17) is 15.3 Å². The quantitative estimate of drug-likeness (QED) is 0.696. The van der Waals surface area contributed by atoms with Gasteiger partial charge in [-0.1, -0.05) is 13.8 Å². The fraction of sp³-hybridized carbons (Fsp3) is 0.643. The van der Waals surface area contributed by atoms with Crippen molar-refractivity contribution in [3.8, 4) is 0 Å². The fourth-order valence-electron chi connectivity index (χ4n) is 2.89. The highest BCUT2D eigenvalue weighted by atomic mass is 16.7. The van der Waals surface area contributed by atoms with E-state index in [0.29, 0.717) is 17.6 Å². The fourth-order valence-corrected chi connectivity index (χ4v) is 2.89. The van der Waals surface area contributed by atoms with E-state index in [1.807, 2.05) is 13.8 Å². The van der Waals surface area contributed by atoms with Crippen molar-refractivity contribution in [2.24, 2.45) is 5.92 Å². The molecule has 0 amide bonds. The molecule has 4 unspecified atom stereocenters. The molecule has 0 spiro atoms. The summed E-state index contributed by atoms with van der Waals surface area (Å²) < 4.78 is 7.51. The number of anilines is 1. The van der Waals surface area contributed by atoms with E-state index in [0.717, 1.165) is 5.06 Å². The second-order valence-electron chi connectivity index (χ2n) is 6.15. The zero-order valence-electron chi connectivity index (χ0n) is 13.8. The Bertz CT molecular complexity index is 708. The highest BCUT2D eigenvalue weighted by molar-refractivity contribution is 5.81. The Morgan fingerprint density at radius 2 is 2.04 bits per heavy atom. The predicted octanol–water partition coefficient (Wildman–Crippen LogP) is -0.148. The molecule has 0 aliphatic carbocycles. The molecule has 2 aromatic heterocycles. The summed E-state index contributed by atoms with van der Waals surface area (Å²) >= 11 is 0. The number of hydrogen-bond acceptors (Lipinski definition) is 9. The van der Waals surface area contributed by atoms with Gasteiger partial charge in [0.25, 0.3) is 0 Å². The van der Waals surface area contributed by atoms with Gasteiger partial charge in [0.1, 0.15) is 17.9 Å². The summed E-state index contributed by atoms with van der Waals surface area (Å²) in [6.07, 6.45) is -0.360. The molecule has 0 bridgehead atoms. The number of aromatic nitrogens is 4. The first-order chi connectivity index (χ1) is 11.4. The van der Waals surface area contributed by atoms with Crippen LogP contribution in [0.1, 0.15) is 26.5 Å². The van der Waals surface area contributed by atoms with E-state index in [1.54, 1.807) is 4.57 Å². The lowest BCUT2D eigenvalue weighted by atomic mass is 10.0. The Morgan fingerprint density at radius 1 is 1.29 bits per heavy atom. The third-order valence-electron chi connectivity index (χ3n) is 4.00. The summed E-state index contributed by atoms with van der Waals surface area (Å²) in [5, 5.41) is 22.0. The Labute approximate surface area is 138 Å². The minimum Gasteiger partial charge on any atom is -0.382 e. The Kier molecular flexibility index (Phi) is 4.65. The molecule has 1 fully saturated rings. The molecule has 24 heavy (non-hydrogen) atoms. The van der Waals surface area contributed by atoms with Gasteiger partial charge in [-0.05, 0) is 12.3 Å². The first-order valence-corrected chi connectivity index (χ1v) is 7.71. The molecule has 1 aliphatic rings. The lowest BCUT2D eigenvalue weighted by Gasteiger charge is -2.44. The van der Waals surface area contributed by atoms with Gasteiger partial charge in [-0.25, -0.2) is 15.0 Å². The normalized spacial score (nSPS) is 28.8. The minimum absolute atomic E-state index is 0.242. The third-order valence-corrected chi connectivity index (χ3v) is 4.00. The first kappa shape index (κ1) is 17.0. The van der Waals surface area contributed by atoms with Crippen LogP contribution in [0.3, 0.4) is 0 Å². The van der Waals surface area contributed by atoms with Crippen LogP contribution >= 0.6 is 0 Å². The summed E-state index contributed by atoms with van der Waals surface area (Å²) in [5.41, 5.74) is 6.65. The Balaban J connectivity index is 1.99. The summed E-state index contributed by atoms with van der Waals surface area (Å²) in [7, 11) is 1.38. The van der Waals surface area contributed by atoms with Crippen LogP contribution < -0.4 is 5.73 Å². The van der Waals surface area contributed by atoms with Crippen LogP contribution in [0, 0.1) is 5.92 Å². The number of hydroxylamine groups is 2. The number of imidazole rings is 1. The zero-order chi connectivity index (χ0) is 17.4. The van der Waals surface area contributed by atoms with Crippen molar-refractivity contribution in [1.82, 2.24) is 24.6 Å². The molecule has 0 radical (unpaired) electrons. The molecule has 132 valence electrons. The molecule has 2 aromatic rings. The molecule has 1 aliphatic heterocycles. The van der Waals surface area contributed by atoms with Crippen LogP contribution in [0.2, 0.25) is 0 Å². The molecule has 0 aromatic carbocycles. The van der Waals surface area contributed by atoms with Crippen molar-refractivity contribution in [1.29, 1.82) is 0 Å². The molecule has 0 saturated carbocycles. The van der Waals surface area contributed by atoms with Crippen molar-refractivity contribution in [3.63, 3.8) is 0 Å². The predicted molar refractivity (Wildman–Crippen MR) is 84.0 cm³/mol. The first-order valence-electron chi connectivity index (χ1n) is 7.71. The minimum atomic E-state index is -1.25. The molecule has 10 heteroatoms. The maximum atomic E-state index is 10.5. The molecule has 3 heterocycles. The van der Waals surface area contributed by atoms with Gasteiger partial charge >= 0.3 is 0 Å². The molecular weight excluding hydrogens is 316 g/mol. The number of fused-ring (bicyclic) bond motifs is 1. The van der Waals surface area contributed by atoms with E-state index in [9.17, 15) is 10.2 Å². The summed E-state index contributed by atoms with van der Waals surface area (Å²) in [4.78, 5) is 17.4. The number of nitrogen functional groups attached to an aromatic ring is 1. The Morgan fingerprint density at radius 3 is 2.71 bits per heavy atom. The summed E-state index contributed by atoms with van der Waals surface area (Å²) in [6.45, 7) is 4.04. The average Bonchev–Trinajstić information content (AvgIpc) is 2.95. The van der Waals surface area contributed by atoms with Gasteiger partial charge in [-0.15, -0.1) is 5.06 Å². The third kappa shape index (κ3) is 2.82. The van der Waals surface area contributed by atoms with Crippen LogP contribution in [0.15, 0.2) is 12.7 Å². The van der Waals surface area contributed by atoms with Gasteiger partial charge in [-0.3, -0.25) is 9.40 Å². The van der Waals surface area contributed by atoms with Crippen molar-refractivity contribution in [2.45, 2.75) is 45.1 Å². The Hall–Kier alpha value is -1.85. The van der Waals surface area contributed by atoms with Crippen molar-refractivity contribution >= 4 is 17.0 Å². The van der Waals surface area contributed by atoms with E-state index < -0.39 is 24.8 Å². The SMILES string of the molecule is CON1C(O)C(CC(C)C)OC(n2cnc3c(N)ncnc32)C1O. The van der Waals surface area contributed by atoms with Crippen LogP contribution in [0.4, 0.5) is 5.82 Å². The molecule has 1 saturated heterocycles. The molecule has 3 rings (SSSR count). The number of nitrogens with zero attached hydrogens (tertiary/aromatic N) is 5. The smallest absolute Gasteiger partial charge is 0.178 e. The monoisotopic (exact) mass is 338 g/mol. The molecular formula is C14H22N6O4. The van der Waals surface area contributed by atoms with Crippen LogP contribution in [-0.2, 0) is 9.57 Å². The standard InChI is InChI=1S/C14H22N6O4/c1-7(2)4-8-12(21)20(23-3)13(22)14(24-8)19-6-18-9-10(15)16-5-17-11(9)19/h5-8,12-14,21-22H,4H2,1-3H3,(H2,15,16,17). The zero-order valence-corrected chi connectivity index (χ0v) is 13.8. The molecule has 10 nitrogen and oxygen atoms in total. The highest BCUT2D eigenvalue weighted by Crippen LogP contribution is 2.33. The average molecular weight is 338 g/mol. The van der Waals surface area contributed by atoms with E-state index in [1.165, 1.54) is 19.8 Å². The van der Waals surface area contributed by atoms with E-state index >= 15 is 0 Å². The van der Waals surface area contributed by atoms with Gasteiger partial charge in [0.2, 0.25) is 0 Å². The molecule has 4 N–H and O–H groups in total. The largest absolute Gasteiger partial charge is 0.382 e. The van der Waals surface area contributed by atoms with E-state index in [-0.39, 0.29) is 11.7 Å². The van der Waals surface area contributed by atoms with Gasteiger partial charge in [0, 0.05) is 0 Å². The second kappa shape index (κ2) is 6.57. The van der Waals surface area contributed by atoms with Crippen LogP contribution in [0.25, 0.3) is 11.2 Å². The number of aliphatic hydroxyl groups excluding tert-OH is 2. The summed E-state index contributed by atoms with van der Waals surface area (Å²) in [5.74, 6) is 0.531. The number of morpholine rings is 1. The lowest BCUT2D eigenvalue weighted by molar-refractivity contribution is -0.382. The number of rotatable bonds is 4. The maximum Gasteiger partial charge on any atom is 0.178 e. The lowest BCUT2D eigenvalue weighted by Crippen LogP contribution is -2.58. The topological polar surface area (TPSA) is 132 Å². The number of nitrogens with two attached hydrogens (primary N) is 1. The highest BCUT2D eigenvalue weighted by Gasteiger charge is 2.44.